The van der Waals surface area contributed by atoms with Gasteiger partial charge in [-0.1, -0.05) is 127 Å². The van der Waals surface area contributed by atoms with Gasteiger partial charge in [-0.25, -0.2) is 19.9 Å². The van der Waals surface area contributed by atoms with Crippen LogP contribution < -0.4 is 10.6 Å². The lowest BCUT2D eigenvalue weighted by molar-refractivity contribution is -0.0970. The summed E-state index contributed by atoms with van der Waals surface area (Å²) in [5.74, 6) is 0.941. The van der Waals surface area contributed by atoms with Gasteiger partial charge >= 0.3 is 12.4 Å². The van der Waals surface area contributed by atoms with Crippen molar-refractivity contribution in [1.82, 2.24) is 29.1 Å². The summed E-state index contributed by atoms with van der Waals surface area (Å²) in [7, 11) is 0. The van der Waals surface area contributed by atoms with Crippen LogP contribution in [0.5, 0.6) is 0 Å². The first-order chi connectivity index (χ1) is 48.1. The highest BCUT2D eigenvalue weighted by atomic mass is 19.4. The molecule has 4 aromatic heterocycles. The minimum atomic E-state index is -5.03. The predicted octanol–water partition coefficient (Wildman–Crippen LogP) is 20.2. The Hall–Kier alpha value is -12.0. The summed E-state index contributed by atoms with van der Waals surface area (Å²) in [5, 5.41) is 25.9. The minimum absolute atomic E-state index is 0.136. The van der Waals surface area contributed by atoms with Crippen LogP contribution in [-0.4, -0.2) is 41.4 Å². The van der Waals surface area contributed by atoms with Crippen LogP contribution in [0, 0.1) is 71.1 Å². The van der Waals surface area contributed by atoms with Crippen molar-refractivity contribution in [3.05, 3.63) is 295 Å². The molecule has 0 atom stereocenters. The van der Waals surface area contributed by atoms with E-state index in [0.717, 1.165) is 128 Å². The van der Waals surface area contributed by atoms with E-state index in [9.17, 15) is 36.9 Å². The topological polar surface area (TPSA) is 109 Å². The van der Waals surface area contributed by atoms with Crippen molar-refractivity contribution in [1.29, 1.82) is 10.5 Å². The Bertz CT molecular complexity index is 5820. The van der Waals surface area contributed by atoms with Crippen LogP contribution in [-0.2, 0) is 12.8 Å². The summed E-state index contributed by atoms with van der Waals surface area (Å²) in [4.78, 5) is 20.3. The Morgan fingerprint density at radius 3 is 1.64 bits per heavy atom. The summed E-state index contributed by atoms with van der Waals surface area (Å²) in [6.45, 7) is 14.4. The molecule has 9 aromatic carbocycles. The first kappa shape index (κ1) is 64.0. The fraction of sp³-hybridized carbons (Fsp3) is 0.140. The maximum Gasteiger partial charge on any atom is 0.416 e. The molecule has 0 radical (unpaired) electrons. The zero-order valence-corrected chi connectivity index (χ0v) is 55.7. The number of fused-ring (bicyclic) bond motifs is 6. The minimum Gasteiger partial charge on any atom is -0.308 e. The maximum absolute atomic E-state index is 14.3. The van der Waals surface area contributed by atoms with Crippen LogP contribution in [0.15, 0.2) is 217 Å². The Labute approximate surface area is 573 Å². The molecule has 2 aliphatic rings. The SMILES string of the molecule is Cc1cc(C)c(-c2ccc3c(c2)c2cc(-c4c(C)cc(Cc5cc(C#N)c(-n6c7c(c8ccc(=C9C=C(C(F)(F)F)C=C(C(F)(F)F)C9)cc86)CC=CC=7)cc5-c5nc(C)cc(C)n5)cc4C)ccc2n3-c2cc(-c3nc(-c4ccccc4)cc(-c4ccccc4)n3)ccc2C#N)c(C)c1. The zero-order valence-electron chi connectivity index (χ0n) is 55.7. The lowest BCUT2D eigenvalue weighted by atomic mass is 9.89. The van der Waals surface area contributed by atoms with Crippen molar-refractivity contribution in [2.75, 3.05) is 0 Å². The van der Waals surface area contributed by atoms with E-state index in [2.05, 4.69) is 112 Å². The number of aromatic nitrogens is 6. The van der Waals surface area contributed by atoms with E-state index in [0.29, 0.717) is 52.5 Å². The van der Waals surface area contributed by atoms with Crippen LogP contribution in [0.3, 0.4) is 0 Å². The van der Waals surface area contributed by atoms with E-state index in [1.54, 1.807) is 18.2 Å². The van der Waals surface area contributed by atoms with Crippen LogP contribution in [0.4, 0.5) is 26.3 Å². The number of nitriles is 2. The van der Waals surface area contributed by atoms with Gasteiger partial charge in [-0.3, -0.25) is 0 Å². The van der Waals surface area contributed by atoms with Gasteiger partial charge in [0.2, 0.25) is 0 Å². The van der Waals surface area contributed by atoms with Crippen molar-refractivity contribution < 1.29 is 26.3 Å². The Kier molecular flexibility index (Phi) is 15.9. The third kappa shape index (κ3) is 11.6. The van der Waals surface area contributed by atoms with Gasteiger partial charge in [0, 0.05) is 61.8 Å². The van der Waals surface area contributed by atoms with Gasteiger partial charge in [0.15, 0.2) is 11.6 Å². The number of alkyl halides is 6. The van der Waals surface area contributed by atoms with E-state index in [4.69, 9.17) is 19.9 Å². The van der Waals surface area contributed by atoms with Gasteiger partial charge < -0.3 is 9.13 Å². The van der Waals surface area contributed by atoms with Gasteiger partial charge in [-0.15, -0.1) is 0 Å². The monoisotopic (exact) mass is 1320 g/mol. The van der Waals surface area contributed by atoms with Crippen LogP contribution in [0.2, 0.25) is 0 Å². The zero-order chi connectivity index (χ0) is 69.6. The molecule has 8 nitrogen and oxygen atoms in total. The number of hydrogen-bond acceptors (Lipinski definition) is 6. The van der Waals surface area contributed by atoms with Crippen LogP contribution >= 0.6 is 0 Å². The van der Waals surface area contributed by atoms with Gasteiger partial charge in [-0.2, -0.15) is 36.9 Å². The summed E-state index contributed by atoms with van der Waals surface area (Å²) in [6.07, 6.45) is -3.18. The molecule has 0 fully saturated rings. The molecule has 0 spiro atoms. The molecule has 4 heterocycles. The average molecular weight is 1320 g/mol. The van der Waals surface area contributed by atoms with E-state index in [1.165, 1.54) is 16.7 Å². The molecular weight excluding hydrogens is 1260 g/mol. The first-order valence-corrected chi connectivity index (χ1v) is 32.9. The highest BCUT2D eigenvalue weighted by Gasteiger charge is 2.41. The summed E-state index contributed by atoms with van der Waals surface area (Å²) >= 11 is 0. The number of benzene rings is 9. The van der Waals surface area contributed by atoms with Crippen LogP contribution in [0.1, 0.15) is 73.4 Å². The first-order valence-electron chi connectivity index (χ1n) is 32.9. The Balaban J connectivity index is 0.868. The molecule has 488 valence electrons. The van der Waals surface area contributed by atoms with E-state index >= 15 is 0 Å². The molecule has 14 heteroatoms. The molecule has 0 N–H and O–H groups in total. The van der Waals surface area contributed by atoms with Gasteiger partial charge in [-0.05, 0) is 224 Å². The van der Waals surface area contributed by atoms with E-state index < -0.39 is 29.9 Å². The van der Waals surface area contributed by atoms with Gasteiger partial charge in [0.25, 0.3) is 0 Å². The lowest BCUT2D eigenvalue weighted by Crippen LogP contribution is -2.22. The van der Waals surface area contributed by atoms with Crippen molar-refractivity contribution >= 4 is 44.4 Å². The number of nitrogens with zero attached hydrogens (tertiary/aromatic N) is 8. The molecule has 0 aliphatic heterocycles. The van der Waals surface area contributed by atoms with Gasteiger partial charge in [0.1, 0.15) is 12.1 Å². The quantitative estimate of drug-likeness (QED) is 0.126. The molecule has 13 aromatic rings. The smallest absolute Gasteiger partial charge is 0.308 e. The molecular formula is C86H62F6N8. The summed E-state index contributed by atoms with van der Waals surface area (Å²) in [5.41, 5.74) is 20.1. The highest BCUT2D eigenvalue weighted by Crippen LogP contribution is 2.44. The molecule has 0 amide bonds. The average Bonchev–Trinajstić information content (AvgIpc) is 1.56. The maximum atomic E-state index is 14.3. The molecule has 15 rings (SSSR count). The standard InChI is InChI=1S/C86H62F6N8/c1-48-30-49(2)81(50(3)31-48)59-25-28-76-71(39-59)72-40-60(26-29-77(72)99(76)78-42-61(22-23-62(78)46-93)83-97-73(56-16-10-8-11-17-56)45-74(98-83)57-18-12-9-13-19-57)82-51(4)32-55(33-52(82)5)35-64-36-65(47-94)79(44-70(64)84-95-53(6)34-54(7)96-84)100-75-21-15-14-20-68(75)69-27-24-58(41-80(69)100)63-37-66(85(87,88)89)43-67(38-63)86(90,91)92/h8-19,21-34,36-37,39-45H,20,35,38H2,1-7H3. The number of aryl methyl sites for hydroxylation is 7. The molecule has 0 bridgehead atoms. The third-order valence-electron chi connectivity index (χ3n) is 19.2. The predicted molar refractivity (Wildman–Crippen MR) is 386 cm³/mol. The van der Waals surface area contributed by atoms with Crippen molar-refractivity contribution in [2.45, 2.75) is 80.1 Å². The van der Waals surface area contributed by atoms with E-state index in [1.807, 2.05) is 140 Å². The largest absolute Gasteiger partial charge is 0.416 e. The highest BCUT2D eigenvalue weighted by molar-refractivity contribution is 6.12. The third-order valence-corrected chi connectivity index (χ3v) is 19.2. The summed E-state index contributed by atoms with van der Waals surface area (Å²) in [6, 6.07) is 65.4. The molecule has 100 heavy (non-hydrogen) atoms. The second-order valence-corrected chi connectivity index (χ2v) is 26.2. The Morgan fingerprint density at radius 1 is 0.480 bits per heavy atom. The lowest BCUT2D eigenvalue weighted by Gasteiger charge is -2.20. The summed E-state index contributed by atoms with van der Waals surface area (Å²) < 4.78 is 89.8. The molecule has 0 saturated carbocycles. The molecule has 2 aliphatic carbocycles. The number of halogens is 6. The molecule has 0 unspecified atom stereocenters. The van der Waals surface area contributed by atoms with Crippen LogP contribution in [0.25, 0.3) is 123 Å². The molecule has 0 saturated heterocycles. The number of allylic oxidation sites excluding steroid dienone is 6. The fourth-order valence-corrected chi connectivity index (χ4v) is 15.0. The van der Waals surface area contributed by atoms with Crippen molar-refractivity contribution in [3.8, 4) is 91.1 Å². The second kappa shape index (κ2) is 24.8. The second-order valence-electron chi connectivity index (χ2n) is 26.2. The number of hydrogen-bond donors (Lipinski definition) is 0. The Morgan fingerprint density at radius 2 is 1.06 bits per heavy atom. The van der Waals surface area contributed by atoms with Crippen molar-refractivity contribution in [3.63, 3.8) is 0 Å². The normalized spacial score (nSPS) is 13.7. The number of rotatable bonds is 10. The van der Waals surface area contributed by atoms with Crippen molar-refractivity contribution in [2.24, 2.45) is 0 Å². The van der Waals surface area contributed by atoms with E-state index in [-0.39, 0.29) is 22.4 Å². The fourth-order valence-electron chi connectivity index (χ4n) is 15.0. The van der Waals surface area contributed by atoms with Gasteiger partial charge in [0.05, 0.1) is 61.4 Å².